The number of aliphatic hydroxyl groups is 1. The molecule has 2 aliphatic rings. The molecular formula is C21H24O6. The van der Waals surface area contributed by atoms with E-state index in [1.807, 2.05) is 37.3 Å². The molecule has 0 aromatic heterocycles. The minimum absolute atomic E-state index is 0.198. The fourth-order valence-electron chi connectivity index (χ4n) is 3.99. The van der Waals surface area contributed by atoms with Crippen LogP contribution < -0.4 is 0 Å². The van der Waals surface area contributed by atoms with Crippen molar-refractivity contribution < 1.29 is 28.9 Å². The van der Waals surface area contributed by atoms with Gasteiger partial charge in [-0.1, -0.05) is 43.3 Å². The van der Waals surface area contributed by atoms with Crippen molar-refractivity contribution in [2.75, 3.05) is 7.11 Å². The third-order valence-corrected chi connectivity index (χ3v) is 5.39. The summed E-state index contributed by atoms with van der Waals surface area (Å²) in [6, 6.07) is 9.61. The van der Waals surface area contributed by atoms with Gasteiger partial charge in [-0.2, -0.15) is 0 Å². The van der Waals surface area contributed by atoms with Crippen LogP contribution in [0.25, 0.3) is 0 Å². The first kappa shape index (κ1) is 19.3. The van der Waals surface area contributed by atoms with Gasteiger partial charge in [-0.05, 0) is 17.9 Å². The van der Waals surface area contributed by atoms with E-state index in [9.17, 15) is 14.7 Å². The first-order valence-electron chi connectivity index (χ1n) is 8.92. The molecule has 6 nitrogen and oxygen atoms in total. The molecule has 1 saturated carbocycles. The smallest absolute Gasteiger partial charge is 0.339 e. The number of rotatable bonds is 5. The molecule has 0 radical (unpaired) electrons. The summed E-state index contributed by atoms with van der Waals surface area (Å²) in [5.74, 6) is -1.86. The summed E-state index contributed by atoms with van der Waals surface area (Å²) in [6.45, 7) is 6.03. The molecule has 1 aliphatic heterocycles. The van der Waals surface area contributed by atoms with Crippen LogP contribution in [0.5, 0.6) is 0 Å². The van der Waals surface area contributed by atoms with Crippen LogP contribution in [0, 0.1) is 11.8 Å². The van der Waals surface area contributed by atoms with Gasteiger partial charge >= 0.3 is 11.9 Å². The Bertz CT molecular complexity index is 755. The van der Waals surface area contributed by atoms with E-state index in [1.54, 1.807) is 6.08 Å². The van der Waals surface area contributed by atoms with Crippen LogP contribution in [0.4, 0.5) is 0 Å². The topological polar surface area (TPSA) is 82.1 Å². The summed E-state index contributed by atoms with van der Waals surface area (Å²) < 4.78 is 16.3. The second-order valence-electron chi connectivity index (χ2n) is 7.05. The summed E-state index contributed by atoms with van der Waals surface area (Å²) in [5, 5.41) is 10.7. The average molecular weight is 372 g/mol. The molecule has 1 aliphatic carbocycles. The number of methoxy groups -OCH3 is 1. The Morgan fingerprint density at radius 1 is 1.41 bits per heavy atom. The van der Waals surface area contributed by atoms with Gasteiger partial charge in [0, 0.05) is 6.08 Å². The zero-order chi connectivity index (χ0) is 19.6. The number of carbonyl (C=O) groups is 2. The van der Waals surface area contributed by atoms with Gasteiger partial charge in [0.25, 0.3) is 0 Å². The highest BCUT2D eigenvalue weighted by atomic mass is 16.6. The van der Waals surface area contributed by atoms with E-state index in [1.165, 1.54) is 13.2 Å². The predicted molar refractivity (Wildman–Crippen MR) is 97.4 cm³/mol. The normalized spacial score (nSPS) is 34.0. The van der Waals surface area contributed by atoms with Gasteiger partial charge in [0.15, 0.2) is 5.60 Å². The van der Waals surface area contributed by atoms with Crippen LogP contribution in [-0.2, 0) is 30.4 Å². The maximum Gasteiger partial charge on any atom is 0.339 e. The Kier molecular flexibility index (Phi) is 5.48. The highest BCUT2D eigenvalue weighted by molar-refractivity contribution is 6.03. The molecule has 0 unspecified atom stereocenters. The lowest BCUT2D eigenvalue weighted by molar-refractivity contribution is -0.216. The Hall–Kier alpha value is -2.44. The van der Waals surface area contributed by atoms with E-state index in [2.05, 4.69) is 11.3 Å². The van der Waals surface area contributed by atoms with E-state index >= 15 is 0 Å². The lowest BCUT2D eigenvalue weighted by atomic mass is 9.62. The van der Waals surface area contributed by atoms with Gasteiger partial charge in [0.1, 0.15) is 0 Å². The molecule has 1 aromatic rings. The number of esters is 2. The lowest BCUT2D eigenvalue weighted by Crippen LogP contribution is -2.65. The van der Waals surface area contributed by atoms with Crippen molar-refractivity contribution in [2.24, 2.45) is 11.8 Å². The van der Waals surface area contributed by atoms with Gasteiger partial charge in [-0.25, -0.2) is 9.59 Å². The lowest BCUT2D eigenvalue weighted by Gasteiger charge is -2.55. The van der Waals surface area contributed by atoms with E-state index in [-0.39, 0.29) is 11.5 Å². The summed E-state index contributed by atoms with van der Waals surface area (Å²) in [7, 11) is 1.25. The van der Waals surface area contributed by atoms with Crippen LogP contribution in [0.2, 0.25) is 0 Å². The quantitative estimate of drug-likeness (QED) is 0.485. The van der Waals surface area contributed by atoms with Crippen LogP contribution in [0.3, 0.4) is 0 Å². The molecule has 2 fully saturated rings. The van der Waals surface area contributed by atoms with Gasteiger partial charge in [-0.15, -0.1) is 6.58 Å². The Morgan fingerprint density at radius 2 is 2.11 bits per heavy atom. The fraction of sp³-hybridized carbons (Fsp3) is 0.429. The zero-order valence-corrected chi connectivity index (χ0v) is 15.5. The van der Waals surface area contributed by atoms with Crippen LogP contribution in [0.15, 0.2) is 54.6 Å². The molecule has 3 rings (SSSR count). The third-order valence-electron chi connectivity index (χ3n) is 5.39. The molecule has 27 heavy (non-hydrogen) atoms. The largest absolute Gasteiger partial charge is 0.466 e. The Labute approximate surface area is 158 Å². The Balaban J connectivity index is 1.89. The zero-order valence-electron chi connectivity index (χ0n) is 15.5. The summed E-state index contributed by atoms with van der Waals surface area (Å²) in [5.41, 5.74) is 0.176. The summed E-state index contributed by atoms with van der Waals surface area (Å²) >= 11 is 0. The Morgan fingerprint density at radius 3 is 2.70 bits per heavy atom. The first-order valence-corrected chi connectivity index (χ1v) is 8.92. The highest BCUT2D eigenvalue weighted by Gasteiger charge is 2.63. The number of ether oxygens (including phenoxy) is 3. The minimum Gasteiger partial charge on any atom is -0.466 e. The number of benzene rings is 1. The molecule has 6 heteroatoms. The van der Waals surface area contributed by atoms with Crippen molar-refractivity contribution in [3.8, 4) is 0 Å². The van der Waals surface area contributed by atoms with Crippen LogP contribution in [-0.4, -0.2) is 42.0 Å². The molecule has 0 amide bonds. The molecule has 144 valence electrons. The van der Waals surface area contributed by atoms with Crippen molar-refractivity contribution in [1.29, 1.82) is 0 Å². The molecule has 5 atom stereocenters. The second-order valence-corrected chi connectivity index (χ2v) is 7.05. The number of hydrogen-bond acceptors (Lipinski definition) is 6. The van der Waals surface area contributed by atoms with Crippen LogP contribution in [0.1, 0.15) is 18.9 Å². The van der Waals surface area contributed by atoms with Gasteiger partial charge < -0.3 is 19.3 Å². The van der Waals surface area contributed by atoms with Crippen molar-refractivity contribution in [3.63, 3.8) is 0 Å². The highest BCUT2D eigenvalue weighted by Crippen LogP contribution is 2.52. The van der Waals surface area contributed by atoms with E-state index in [0.717, 1.165) is 5.56 Å². The number of carbonyl (C=O) groups excluding carboxylic acids is 2. The van der Waals surface area contributed by atoms with Gasteiger partial charge in [0.2, 0.25) is 0 Å². The van der Waals surface area contributed by atoms with Crippen molar-refractivity contribution in [2.45, 2.75) is 37.8 Å². The van der Waals surface area contributed by atoms with E-state index < -0.39 is 35.7 Å². The molecule has 0 bridgehead atoms. The molecule has 1 heterocycles. The number of aliphatic hydroxyl groups excluding tert-OH is 1. The standard InChI is InChI=1S/C21H24O6/c1-4-15-19(26-12-14-8-6-5-7-9-14)18(23)13(2)11-21(15)16(20(24)27-21)10-17(22)25-3/h4-10,13,15,18-19,23H,1,11-12H2,2-3H3/b16-10+/t13-,15+,18-,19-,21-/m1/s1. The molecule has 1 spiro atoms. The molecule has 1 aromatic carbocycles. The maximum absolute atomic E-state index is 12.1. The van der Waals surface area contributed by atoms with E-state index in [0.29, 0.717) is 13.0 Å². The van der Waals surface area contributed by atoms with Crippen molar-refractivity contribution >= 4 is 11.9 Å². The molecule has 1 saturated heterocycles. The van der Waals surface area contributed by atoms with Gasteiger partial charge in [0.05, 0.1) is 37.4 Å². The fourth-order valence-corrected chi connectivity index (χ4v) is 3.99. The summed E-state index contributed by atoms with van der Waals surface area (Å²) in [4.78, 5) is 23.8. The van der Waals surface area contributed by atoms with Crippen molar-refractivity contribution in [3.05, 3.63) is 60.2 Å². The minimum atomic E-state index is -1.03. The maximum atomic E-state index is 12.1. The predicted octanol–water partition coefficient (Wildman–Crippen LogP) is 2.17. The van der Waals surface area contributed by atoms with Crippen LogP contribution >= 0.6 is 0 Å². The van der Waals surface area contributed by atoms with E-state index in [4.69, 9.17) is 9.47 Å². The molecular weight excluding hydrogens is 348 g/mol. The third kappa shape index (κ3) is 3.42. The SMILES string of the molecule is C=C[C@H]1[C@@H](OCc2ccccc2)[C@H](O)[C@H](C)C[C@@]12OC(=O)/C2=C\C(=O)OC. The average Bonchev–Trinajstić information content (AvgIpc) is 2.68. The number of hydrogen-bond donors (Lipinski definition) is 1. The first-order chi connectivity index (χ1) is 12.9. The summed E-state index contributed by atoms with van der Waals surface area (Å²) in [6.07, 6.45) is 1.80. The molecule has 1 N–H and O–H groups in total. The monoisotopic (exact) mass is 372 g/mol. The second kappa shape index (κ2) is 7.66. The van der Waals surface area contributed by atoms with Crippen molar-refractivity contribution in [1.82, 2.24) is 0 Å². The van der Waals surface area contributed by atoms with Gasteiger partial charge in [-0.3, -0.25) is 0 Å².